The van der Waals surface area contributed by atoms with Gasteiger partial charge in [0.1, 0.15) is 12.1 Å². The fourth-order valence-corrected chi connectivity index (χ4v) is 3.44. The number of carbonyl (C=O) groups excluding carboxylic acids is 1. The second-order valence-electron chi connectivity index (χ2n) is 7.21. The van der Waals surface area contributed by atoms with Crippen LogP contribution in [0.5, 0.6) is 0 Å². The molecule has 3 aromatic rings. The van der Waals surface area contributed by atoms with Crippen molar-refractivity contribution in [2.24, 2.45) is 0 Å². The number of benzene rings is 2. The molecule has 7 nitrogen and oxygen atoms in total. The first-order chi connectivity index (χ1) is 14.1. The Balaban J connectivity index is 1.49. The van der Waals surface area contributed by atoms with Crippen LogP contribution >= 0.6 is 11.6 Å². The monoisotopic (exact) mass is 410 g/mol. The highest BCUT2D eigenvalue weighted by Gasteiger charge is 2.16. The van der Waals surface area contributed by atoms with Crippen molar-refractivity contribution in [3.63, 3.8) is 0 Å². The van der Waals surface area contributed by atoms with Gasteiger partial charge in [-0.05, 0) is 49.5 Å². The summed E-state index contributed by atoms with van der Waals surface area (Å²) >= 11 is 5.96. The van der Waals surface area contributed by atoms with E-state index in [0.29, 0.717) is 17.4 Å². The van der Waals surface area contributed by atoms with Crippen molar-refractivity contribution < 1.29 is 4.79 Å². The van der Waals surface area contributed by atoms with Gasteiger partial charge in [-0.3, -0.25) is 9.69 Å². The highest BCUT2D eigenvalue weighted by Crippen LogP contribution is 2.26. The first-order valence-corrected chi connectivity index (χ1v) is 9.93. The van der Waals surface area contributed by atoms with Crippen molar-refractivity contribution in [2.75, 3.05) is 50.4 Å². The van der Waals surface area contributed by atoms with Gasteiger partial charge in [-0.25, -0.2) is 9.97 Å². The predicted molar refractivity (Wildman–Crippen MR) is 117 cm³/mol. The number of nitrogens with one attached hydrogen (secondary N) is 2. The van der Waals surface area contributed by atoms with Crippen LogP contribution in [0.1, 0.15) is 0 Å². The molecule has 2 N–H and O–H groups in total. The zero-order valence-corrected chi connectivity index (χ0v) is 17.0. The van der Waals surface area contributed by atoms with Gasteiger partial charge in [-0.2, -0.15) is 0 Å². The van der Waals surface area contributed by atoms with Gasteiger partial charge in [0, 0.05) is 48.0 Å². The van der Waals surface area contributed by atoms with E-state index in [0.717, 1.165) is 48.5 Å². The van der Waals surface area contributed by atoms with E-state index in [1.54, 1.807) is 0 Å². The molecule has 1 fully saturated rings. The van der Waals surface area contributed by atoms with Gasteiger partial charge in [0.15, 0.2) is 0 Å². The summed E-state index contributed by atoms with van der Waals surface area (Å²) in [5.41, 5.74) is 2.40. The first kappa shape index (κ1) is 19.6. The molecule has 1 aromatic heterocycles. The van der Waals surface area contributed by atoms with Gasteiger partial charge in [-0.15, -0.1) is 0 Å². The van der Waals surface area contributed by atoms with E-state index in [9.17, 15) is 4.79 Å². The number of aromatic nitrogens is 2. The van der Waals surface area contributed by atoms with E-state index in [-0.39, 0.29) is 5.91 Å². The zero-order valence-electron chi connectivity index (χ0n) is 16.2. The zero-order chi connectivity index (χ0) is 20.2. The predicted octanol–water partition coefficient (Wildman–Crippen LogP) is 3.21. The van der Waals surface area contributed by atoms with E-state index in [2.05, 4.69) is 37.4 Å². The number of hydrogen-bond donors (Lipinski definition) is 2. The lowest BCUT2D eigenvalue weighted by molar-refractivity contribution is -0.117. The minimum atomic E-state index is -0.0158. The van der Waals surface area contributed by atoms with Crippen molar-refractivity contribution in [1.82, 2.24) is 19.8 Å². The number of hydrogen-bond acceptors (Lipinski definition) is 6. The Hall–Kier alpha value is -2.74. The molecule has 1 aliphatic rings. The highest BCUT2D eigenvalue weighted by atomic mass is 35.5. The van der Waals surface area contributed by atoms with Crippen LogP contribution in [-0.4, -0.2) is 65.4 Å². The Labute approximate surface area is 174 Å². The van der Waals surface area contributed by atoms with Crippen LogP contribution in [0.4, 0.5) is 17.2 Å². The van der Waals surface area contributed by atoms with Crippen LogP contribution in [0, 0.1) is 0 Å². The minimum Gasteiger partial charge on any atom is -0.340 e. The van der Waals surface area contributed by atoms with E-state index in [4.69, 9.17) is 11.6 Å². The van der Waals surface area contributed by atoms with Crippen molar-refractivity contribution in [1.29, 1.82) is 0 Å². The van der Waals surface area contributed by atoms with Crippen LogP contribution in [0.25, 0.3) is 10.9 Å². The first-order valence-electron chi connectivity index (χ1n) is 9.55. The summed E-state index contributed by atoms with van der Waals surface area (Å²) < 4.78 is 0. The number of piperazine rings is 1. The van der Waals surface area contributed by atoms with Crippen LogP contribution < -0.4 is 10.6 Å². The second-order valence-corrected chi connectivity index (χ2v) is 7.65. The fourth-order valence-electron chi connectivity index (χ4n) is 3.31. The normalized spacial score (nSPS) is 15.4. The molecule has 150 valence electrons. The molecular formula is C21H23ClN6O. The molecule has 8 heteroatoms. The summed E-state index contributed by atoms with van der Waals surface area (Å²) in [5, 5.41) is 7.79. The molecule has 0 radical (unpaired) electrons. The molecule has 2 aromatic carbocycles. The molecule has 1 aliphatic heterocycles. The van der Waals surface area contributed by atoms with Gasteiger partial charge in [0.05, 0.1) is 12.1 Å². The third kappa shape index (κ3) is 5.00. The molecule has 4 rings (SSSR count). The summed E-state index contributed by atoms with van der Waals surface area (Å²) in [6.45, 7) is 4.18. The molecule has 1 saturated heterocycles. The third-order valence-electron chi connectivity index (χ3n) is 4.99. The smallest absolute Gasteiger partial charge is 0.238 e. The van der Waals surface area contributed by atoms with Gasteiger partial charge >= 0.3 is 0 Å². The molecule has 29 heavy (non-hydrogen) atoms. The van der Waals surface area contributed by atoms with Gasteiger partial charge < -0.3 is 15.5 Å². The summed E-state index contributed by atoms with van der Waals surface area (Å²) in [4.78, 5) is 25.6. The second kappa shape index (κ2) is 8.73. The largest absolute Gasteiger partial charge is 0.340 e. The molecular weight excluding hydrogens is 388 g/mol. The Morgan fingerprint density at radius 3 is 2.52 bits per heavy atom. The average molecular weight is 411 g/mol. The highest BCUT2D eigenvalue weighted by molar-refractivity contribution is 6.30. The lowest BCUT2D eigenvalue weighted by Crippen LogP contribution is -2.47. The Morgan fingerprint density at radius 2 is 1.76 bits per heavy atom. The summed E-state index contributed by atoms with van der Waals surface area (Å²) in [6, 6.07) is 13.1. The van der Waals surface area contributed by atoms with Crippen LogP contribution in [0.2, 0.25) is 5.02 Å². The summed E-state index contributed by atoms with van der Waals surface area (Å²) in [5.74, 6) is 0.658. The van der Waals surface area contributed by atoms with Gasteiger partial charge in [0.2, 0.25) is 5.91 Å². The summed E-state index contributed by atoms with van der Waals surface area (Å²) in [6.07, 6.45) is 1.52. The Kier molecular flexibility index (Phi) is 5.89. The summed E-state index contributed by atoms with van der Waals surface area (Å²) in [7, 11) is 2.10. The van der Waals surface area contributed by atoms with E-state index < -0.39 is 0 Å². The number of rotatable bonds is 5. The van der Waals surface area contributed by atoms with E-state index >= 15 is 0 Å². The van der Waals surface area contributed by atoms with E-state index in [1.165, 1.54) is 6.33 Å². The number of anilines is 3. The van der Waals surface area contributed by atoms with Gasteiger partial charge in [-0.1, -0.05) is 11.6 Å². The number of halogens is 1. The van der Waals surface area contributed by atoms with Crippen molar-refractivity contribution >= 4 is 45.6 Å². The maximum Gasteiger partial charge on any atom is 0.238 e. The van der Waals surface area contributed by atoms with E-state index in [1.807, 2.05) is 42.5 Å². The number of fused-ring (bicyclic) bond motifs is 1. The average Bonchev–Trinajstić information content (AvgIpc) is 2.72. The number of carbonyl (C=O) groups is 1. The minimum absolute atomic E-state index is 0.0158. The number of nitrogens with zero attached hydrogens (tertiary/aromatic N) is 4. The standard InChI is InChI=1S/C21H23ClN6O/c1-27-8-10-28(11-9-27)13-20(29)25-17-6-7-19-18(12-17)21(24-14-23-19)26-16-4-2-15(22)3-5-16/h2-7,12,14H,8-11,13H2,1H3,(H,25,29)(H,23,24,26). The molecule has 0 saturated carbocycles. The molecule has 1 amide bonds. The fraction of sp³-hybridized carbons (Fsp3) is 0.286. The van der Waals surface area contributed by atoms with Crippen molar-refractivity contribution in [2.45, 2.75) is 0 Å². The Bertz CT molecular complexity index is 1000. The molecule has 0 bridgehead atoms. The SMILES string of the molecule is CN1CCN(CC(=O)Nc2ccc3ncnc(Nc4ccc(Cl)cc4)c3c2)CC1. The molecule has 0 aliphatic carbocycles. The lowest BCUT2D eigenvalue weighted by Gasteiger charge is -2.31. The van der Waals surface area contributed by atoms with Crippen LogP contribution in [0.15, 0.2) is 48.8 Å². The van der Waals surface area contributed by atoms with Gasteiger partial charge in [0.25, 0.3) is 0 Å². The lowest BCUT2D eigenvalue weighted by atomic mass is 10.2. The van der Waals surface area contributed by atoms with Crippen molar-refractivity contribution in [3.8, 4) is 0 Å². The number of likely N-dealkylation sites (N-methyl/N-ethyl adjacent to an activating group) is 1. The maximum atomic E-state index is 12.5. The van der Waals surface area contributed by atoms with Crippen LogP contribution in [-0.2, 0) is 4.79 Å². The molecule has 0 atom stereocenters. The molecule has 2 heterocycles. The third-order valence-corrected chi connectivity index (χ3v) is 5.24. The Morgan fingerprint density at radius 1 is 1.03 bits per heavy atom. The maximum absolute atomic E-state index is 12.5. The quantitative estimate of drug-likeness (QED) is 0.672. The molecule has 0 spiro atoms. The topological polar surface area (TPSA) is 73.4 Å². The van der Waals surface area contributed by atoms with Crippen LogP contribution in [0.3, 0.4) is 0 Å². The van der Waals surface area contributed by atoms with Crippen molar-refractivity contribution in [3.05, 3.63) is 53.8 Å². The number of amides is 1. The molecule has 0 unspecified atom stereocenters.